The zero-order valence-corrected chi connectivity index (χ0v) is 24.6. The Hall–Kier alpha value is -4.65. The Morgan fingerprint density at radius 1 is 0.721 bits per heavy atom. The van der Waals surface area contributed by atoms with Gasteiger partial charge >= 0.3 is 30.0 Å². The molecule has 0 unspecified atom stereocenters. The Labute approximate surface area is 248 Å². The van der Waals surface area contributed by atoms with Crippen molar-refractivity contribution < 1.29 is 61.9 Å². The van der Waals surface area contributed by atoms with Gasteiger partial charge in [0.25, 0.3) is 0 Å². The molecular weight excluding hydrogens is 568 g/mol. The van der Waals surface area contributed by atoms with Crippen LogP contribution in [-0.4, -0.2) is 67.3 Å². The van der Waals surface area contributed by atoms with Gasteiger partial charge in [-0.3, -0.25) is 19.2 Å². The molecule has 2 aromatic carbocycles. The Morgan fingerprint density at radius 2 is 1.33 bits per heavy atom. The number of aryl methyl sites for hydroxylation is 2. The molecule has 0 spiro atoms. The summed E-state index contributed by atoms with van der Waals surface area (Å²) in [5.74, 6) is -2.25. The standard InChI is InChI=1S/C30H34O13/c1-16-7-10-23(11-8-16)41-30(35)37-14-22-9-12-24(17(2)13-22)42-29-28(40-21(6)34)27(39-20(5)33)26(38-19(4)32)25(43-29)15-36-18(3)31/h7-13,25-29H,14-15H2,1-6H3/t25-,26+,27+,28-,29-/m1/s1. The third kappa shape index (κ3) is 9.99. The van der Waals surface area contributed by atoms with Crippen molar-refractivity contribution in [3.8, 4) is 11.5 Å². The van der Waals surface area contributed by atoms with Gasteiger partial charge in [-0.2, -0.15) is 0 Å². The lowest BCUT2D eigenvalue weighted by molar-refractivity contribution is -0.288. The molecule has 0 N–H and O–H groups in total. The molecule has 1 aliphatic heterocycles. The molecule has 0 aliphatic carbocycles. The van der Waals surface area contributed by atoms with E-state index in [2.05, 4.69) is 0 Å². The minimum absolute atomic E-state index is 0.0924. The van der Waals surface area contributed by atoms with Crippen molar-refractivity contribution in [2.45, 2.75) is 78.9 Å². The van der Waals surface area contributed by atoms with Crippen LogP contribution in [0.15, 0.2) is 42.5 Å². The molecule has 3 rings (SSSR count). The first kappa shape index (κ1) is 32.9. The highest BCUT2D eigenvalue weighted by atomic mass is 16.7. The van der Waals surface area contributed by atoms with E-state index in [1.165, 1.54) is 6.92 Å². The average molecular weight is 603 g/mol. The molecule has 13 nitrogen and oxygen atoms in total. The molecule has 1 fully saturated rings. The van der Waals surface area contributed by atoms with Crippen molar-refractivity contribution >= 4 is 30.0 Å². The topological polar surface area (TPSA) is 159 Å². The Kier molecular flexibility index (Phi) is 11.5. The SMILES string of the molecule is CC(=O)OC[C@H]1O[C@@H](Oc2ccc(COC(=O)Oc3ccc(C)cc3)cc2C)[C@H](OC(C)=O)[C@@H](OC(C)=O)[C@H]1OC(C)=O. The van der Waals surface area contributed by atoms with Crippen LogP contribution in [0, 0.1) is 13.8 Å². The highest BCUT2D eigenvalue weighted by Gasteiger charge is 2.53. The van der Waals surface area contributed by atoms with Crippen LogP contribution in [-0.2, 0) is 54.2 Å². The van der Waals surface area contributed by atoms with Gasteiger partial charge in [0.15, 0.2) is 12.2 Å². The first-order valence-corrected chi connectivity index (χ1v) is 13.3. The summed E-state index contributed by atoms with van der Waals surface area (Å²) < 4.78 is 43.7. The van der Waals surface area contributed by atoms with Crippen molar-refractivity contribution in [2.24, 2.45) is 0 Å². The fraction of sp³-hybridized carbons (Fsp3) is 0.433. The molecule has 0 saturated carbocycles. The van der Waals surface area contributed by atoms with Gasteiger partial charge in [-0.05, 0) is 49.2 Å². The molecule has 232 valence electrons. The van der Waals surface area contributed by atoms with Crippen molar-refractivity contribution in [3.63, 3.8) is 0 Å². The van der Waals surface area contributed by atoms with Crippen LogP contribution < -0.4 is 9.47 Å². The summed E-state index contributed by atoms with van der Waals surface area (Å²) in [7, 11) is 0. The van der Waals surface area contributed by atoms with Crippen LogP contribution in [0.1, 0.15) is 44.4 Å². The van der Waals surface area contributed by atoms with E-state index in [4.69, 9.17) is 37.9 Å². The second kappa shape index (κ2) is 15.0. The maximum Gasteiger partial charge on any atom is 0.514 e. The molecular formula is C30H34O13. The molecule has 43 heavy (non-hydrogen) atoms. The second-order valence-corrected chi connectivity index (χ2v) is 9.74. The molecule has 0 bridgehead atoms. The van der Waals surface area contributed by atoms with Gasteiger partial charge in [0, 0.05) is 27.7 Å². The van der Waals surface area contributed by atoms with Gasteiger partial charge in [-0.25, -0.2) is 4.79 Å². The lowest BCUT2D eigenvalue weighted by atomic mass is 9.98. The molecule has 5 atom stereocenters. The van der Waals surface area contributed by atoms with Crippen LogP contribution in [0.3, 0.4) is 0 Å². The monoisotopic (exact) mass is 602 g/mol. The van der Waals surface area contributed by atoms with E-state index in [-0.39, 0.29) is 19.0 Å². The van der Waals surface area contributed by atoms with Crippen molar-refractivity contribution in [1.29, 1.82) is 0 Å². The molecule has 1 aliphatic rings. The molecule has 1 saturated heterocycles. The van der Waals surface area contributed by atoms with E-state index in [1.54, 1.807) is 49.4 Å². The van der Waals surface area contributed by atoms with Gasteiger partial charge in [0.1, 0.15) is 30.8 Å². The molecule has 13 heteroatoms. The van der Waals surface area contributed by atoms with Crippen molar-refractivity contribution in [2.75, 3.05) is 6.61 Å². The number of hydrogen-bond donors (Lipinski definition) is 0. The lowest BCUT2D eigenvalue weighted by Crippen LogP contribution is -2.63. The van der Waals surface area contributed by atoms with E-state index in [9.17, 15) is 24.0 Å². The number of esters is 4. The van der Waals surface area contributed by atoms with E-state index in [0.717, 1.165) is 26.3 Å². The molecule has 0 aromatic heterocycles. The van der Waals surface area contributed by atoms with E-state index in [0.29, 0.717) is 16.9 Å². The van der Waals surface area contributed by atoms with Crippen LogP contribution in [0.2, 0.25) is 0 Å². The molecule has 0 radical (unpaired) electrons. The fourth-order valence-electron chi connectivity index (χ4n) is 4.22. The summed E-state index contributed by atoms with van der Waals surface area (Å²) in [6, 6.07) is 11.8. The van der Waals surface area contributed by atoms with E-state index < -0.39 is 60.7 Å². The fourth-order valence-corrected chi connectivity index (χ4v) is 4.22. The number of ether oxygens (including phenoxy) is 8. The van der Waals surface area contributed by atoms with Crippen LogP contribution in [0.5, 0.6) is 11.5 Å². The van der Waals surface area contributed by atoms with Crippen molar-refractivity contribution in [1.82, 2.24) is 0 Å². The van der Waals surface area contributed by atoms with Crippen LogP contribution in [0.4, 0.5) is 4.79 Å². The predicted octanol–water partition coefficient (Wildman–Crippen LogP) is 3.48. The summed E-state index contributed by atoms with van der Waals surface area (Å²) in [6.07, 6.45) is -7.45. The first-order valence-electron chi connectivity index (χ1n) is 13.3. The number of benzene rings is 2. The maximum atomic E-state index is 12.1. The molecule has 2 aromatic rings. The smallest absolute Gasteiger partial charge is 0.463 e. The van der Waals surface area contributed by atoms with Gasteiger partial charge < -0.3 is 37.9 Å². The predicted molar refractivity (Wildman–Crippen MR) is 146 cm³/mol. The first-order chi connectivity index (χ1) is 20.3. The summed E-state index contributed by atoms with van der Waals surface area (Å²) in [4.78, 5) is 59.6. The summed E-state index contributed by atoms with van der Waals surface area (Å²) in [5.41, 5.74) is 2.22. The van der Waals surface area contributed by atoms with Crippen molar-refractivity contribution in [3.05, 3.63) is 59.2 Å². The zero-order valence-electron chi connectivity index (χ0n) is 24.6. The summed E-state index contributed by atoms with van der Waals surface area (Å²) in [5, 5.41) is 0. The minimum atomic E-state index is -1.38. The lowest BCUT2D eigenvalue weighted by Gasteiger charge is -2.44. The van der Waals surface area contributed by atoms with Gasteiger partial charge in [-0.1, -0.05) is 23.8 Å². The number of rotatable bonds is 10. The molecule has 1 heterocycles. The Balaban J connectivity index is 1.80. The maximum absolute atomic E-state index is 12.1. The van der Waals surface area contributed by atoms with Crippen LogP contribution in [0.25, 0.3) is 0 Å². The summed E-state index contributed by atoms with van der Waals surface area (Å²) >= 11 is 0. The number of carbonyl (C=O) groups is 5. The number of carbonyl (C=O) groups excluding carboxylic acids is 5. The zero-order chi connectivity index (χ0) is 31.7. The largest absolute Gasteiger partial charge is 0.514 e. The Bertz CT molecular complexity index is 1320. The Morgan fingerprint density at radius 3 is 1.91 bits per heavy atom. The van der Waals surface area contributed by atoms with Gasteiger partial charge in [-0.15, -0.1) is 0 Å². The van der Waals surface area contributed by atoms with Gasteiger partial charge in [0.2, 0.25) is 12.4 Å². The summed E-state index contributed by atoms with van der Waals surface area (Å²) in [6.45, 7) is 7.73. The third-order valence-corrected chi connectivity index (χ3v) is 6.01. The number of hydrogen-bond acceptors (Lipinski definition) is 13. The van der Waals surface area contributed by atoms with Crippen LogP contribution >= 0.6 is 0 Å². The minimum Gasteiger partial charge on any atom is -0.463 e. The highest BCUT2D eigenvalue weighted by molar-refractivity contribution is 5.69. The highest BCUT2D eigenvalue weighted by Crippen LogP contribution is 2.32. The quantitative estimate of drug-likeness (QED) is 0.221. The average Bonchev–Trinajstić information content (AvgIpc) is 2.91. The second-order valence-electron chi connectivity index (χ2n) is 9.74. The van der Waals surface area contributed by atoms with E-state index in [1.807, 2.05) is 6.92 Å². The molecule has 0 amide bonds. The van der Waals surface area contributed by atoms with E-state index >= 15 is 0 Å². The van der Waals surface area contributed by atoms with Gasteiger partial charge in [0.05, 0.1) is 0 Å². The third-order valence-electron chi connectivity index (χ3n) is 6.01. The normalized spacial score (nSPS) is 21.1.